The van der Waals surface area contributed by atoms with Gasteiger partial charge in [0.15, 0.2) is 0 Å². The van der Waals surface area contributed by atoms with E-state index in [-0.39, 0.29) is 24.7 Å². The Labute approximate surface area is 235 Å². The van der Waals surface area contributed by atoms with Crippen LogP contribution in [0.1, 0.15) is 49.8 Å². The molecule has 3 aliphatic rings. The molecule has 11 heteroatoms. The van der Waals surface area contributed by atoms with E-state index in [4.69, 9.17) is 14.7 Å². The van der Waals surface area contributed by atoms with Crippen LogP contribution in [0.15, 0.2) is 48.5 Å². The van der Waals surface area contributed by atoms with Crippen LogP contribution in [0.25, 0.3) is 0 Å². The Kier molecular flexibility index (Phi) is 7.42. The molecule has 2 aromatic carbocycles. The van der Waals surface area contributed by atoms with Crippen LogP contribution < -0.4 is 4.90 Å². The highest BCUT2D eigenvalue weighted by Crippen LogP contribution is 2.55. The number of halogens is 3. The Morgan fingerprint density at radius 1 is 1.05 bits per heavy atom. The molecule has 0 aliphatic carbocycles. The van der Waals surface area contributed by atoms with E-state index < -0.39 is 52.2 Å². The predicted octanol–water partition coefficient (Wildman–Crippen LogP) is 4.46. The van der Waals surface area contributed by atoms with Crippen molar-refractivity contribution >= 4 is 23.5 Å². The van der Waals surface area contributed by atoms with Crippen LogP contribution in [-0.4, -0.2) is 53.5 Å². The first-order chi connectivity index (χ1) is 19.4. The topological polar surface area (TPSA) is 99.9 Å². The van der Waals surface area contributed by atoms with Gasteiger partial charge in [-0.3, -0.25) is 19.3 Å². The maximum Gasteiger partial charge on any atom is 0.417 e. The second-order valence-electron chi connectivity index (χ2n) is 11.3. The number of likely N-dealkylation sites (tertiary alicyclic amines) is 1. The molecule has 3 heterocycles. The number of fused-ring (bicyclic) bond motifs is 5. The van der Waals surface area contributed by atoms with E-state index >= 15 is 0 Å². The first-order valence-electron chi connectivity index (χ1n) is 13.5. The number of morpholine rings is 1. The van der Waals surface area contributed by atoms with E-state index in [0.717, 1.165) is 16.5 Å². The third-order valence-electron chi connectivity index (χ3n) is 8.20. The minimum Gasteiger partial charge on any atom is -0.461 e. The van der Waals surface area contributed by atoms with Gasteiger partial charge in [0.1, 0.15) is 6.61 Å². The van der Waals surface area contributed by atoms with Crippen LogP contribution in [0.3, 0.4) is 0 Å². The van der Waals surface area contributed by atoms with Crippen LogP contribution >= 0.6 is 0 Å². The first-order valence-corrected chi connectivity index (χ1v) is 13.5. The highest BCUT2D eigenvalue weighted by Gasteiger charge is 2.71. The molecule has 2 amide bonds. The Morgan fingerprint density at radius 2 is 1.68 bits per heavy atom. The number of nitriles is 1. The fraction of sp³-hybridized carbons (Fsp3) is 0.467. The molecule has 41 heavy (non-hydrogen) atoms. The molecular formula is C30H30F3N3O5. The van der Waals surface area contributed by atoms with Gasteiger partial charge in [0.2, 0.25) is 11.8 Å². The van der Waals surface area contributed by atoms with Crippen LogP contribution in [0.2, 0.25) is 0 Å². The Balaban J connectivity index is 1.23. The van der Waals surface area contributed by atoms with Gasteiger partial charge in [-0.1, -0.05) is 30.3 Å². The maximum atomic E-state index is 13.6. The number of esters is 1. The smallest absolute Gasteiger partial charge is 0.417 e. The molecule has 216 valence electrons. The van der Waals surface area contributed by atoms with E-state index in [1.165, 1.54) is 12.1 Å². The quantitative estimate of drug-likeness (QED) is 0.263. The number of carbonyl (C=O) groups is 3. The molecule has 5 rings (SSSR count). The number of nitrogens with zero attached hydrogens (tertiary/aromatic N) is 3. The summed E-state index contributed by atoms with van der Waals surface area (Å²) in [7, 11) is 0. The molecule has 0 N–H and O–H groups in total. The van der Waals surface area contributed by atoms with Gasteiger partial charge in [-0.15, -0.1) is 0 Å². The molecule has 3 aliphatic heterocycles. The number of benzene rings is 2. The summed E-state index contributed by atoms with van der Waals surface area (Å²) in [5.74, 6) is -3.21. The summed E-state index contributed by atoms with van der Waals surface area (Å²) in [6.07, 6.45) is -3.24. The number of alkyl halides is 3. The van der Waals surface area contributed by atoms with E-state index in [2.05, 4.69) is 4.90 Å². The zero-order valence-electron chi connectivity index (χ0n) is 22.7. The molecular weight excluding hydrogens is 539 g/mol. The summed E-state index contributed by atoms with van der Waals surface area (Å²) in [6.45, 7) is 5.08. The highest BCUT2D eigenvalue weighted by molar-refractivity contribution is 6.23. The SMILES string of the molecule is C[C@]12CN(CCCCC(=O)OCc3ccccc3)C[C@](C)(O1)[C@H]1C(=O)N(c3ccc(C#N)c(C(F)(F)F)c3)C(=O)[C@H]12. The summed E-state index contributed by atoms with van der Waals surface area (Å²) in [5.41, 5.74) is -3.11. The van der Waals surface area contributed by atoms with E-state index in [0.29, 0.717) is 38.5 Å². The molecule has 0 saturated carbocycles. The lowest BCUT2D eigenvalue weighted by atomic mass is 9.79. The number of unbranched alkanes of at least 4 members (excludes halogenated alkanes) is 1. The van der Waals surface area contributed by atoms with Crippen LogP contribution in [-0.2, 0) is 36.6 Å². The zero-order valence-corrected chi connectivity index (χ0v) is 22.7. The second-order valence-corrected chi connectivity index (χ2v) is 11.3. The van der Waals surface area contributed by atoms with Gasteiger partial charge in [-0.2, -0.15) is 18.4 Å². The number of amides is 2. The third-order valence-corrected chi connectivity index (χ3v) is 8.20. The summed E-state index contributed by atoms with van der Waals surface area (Å²) >= 11 is 0. The standard InChI is InChI=1S/C30H30F3N3O5/c1-28-17-35(13-7-6-10-23(37)40-16-19-8-4-3-5-9-19)18-29(2,41-28)25-24(28)26(38)36(27(25)39)21-12-11-20(15-34)22(14-21)30(31,32)33/h3-5,8-9,11-12,14,24-25H,6-7,10,13,16-18H2,1-2H3/t24-,25+,28+,29-. The van der Waals surface area contributed by atoms with Crippen LogP contribution in [0.4, 0.5) is 18.9 Å². The van der Waals surface area contributed by atoms with E-state index in [1.54, 1.807) is 13.8 Å². The molecule has 0 spiro atoms. The largest absolute Gasteiger partial charge is 0.461 e. The molecule has 0 aromatic heterocycles. The van der Waals surface area contributed by atoms with Gasteiger partial charge < -0.3 is 9.47 Å². The lowest BCUT2D eigenvalue weighted by molar-refractivity contribution is -0.169. The van der Waals surface area contributed by atoms with Crippen molar-refractivity contribution in [3.05, 3.63) is 65.2 Å². The van der Waals surface area contributed by atoms with Crippen molar-refractivity contribution in [1.29, 1.82) is 5.26 Å². The lowest BCUT2D eigenvalue weighted by Gasteiger charge is -2.45. The molecule has 0 radical (unpaired) electrons. The number of anilines is 1. The van der Waals surface area contributed by atoms with Gasteiger partial charge in [-0.25, -0.2) is 4.90 Å². The van der Waals surface area contributed by atoms with E-state index in [9.17, 15) is 27.6 Å². The predicted molar refractivity (Wildman–Crippen MR) is 140 cm³/mol. The fourth-order valence-electron chi connectivity index (χ4n) is 6.60. The van der Waals surface area contributed by atoms with Crippen molar-refractivity contribution in [3.63, 3.8) is 0 Å². The number of ether oxygens (including phenoxy) is 2. The molecule has 4 atom stereocenters. The average molecular weight is 570 g/mol. The molecule has 2 bridgehead atoms. The van der Waals surface area contributed by atoms with Gasteiger partial charge in [0.05, 0.1) is 45.9 Å². The van der Waals surface area contributed by atoms with Gasteiger partial charge >= 0.3 is 12.1 Å². The van der Waals surface area contributed by atoms with Crippen LogP contribution in [0, 0.1) is 23.2 Å². The molecule has 8 nitrogen and oxygen atoms in total. The molecule has 0 unspecified atom stereocenters. The van der Waals surface area contributed by atoms with Crippen molar-refractivity contribution in [2.24, 2.45) is 11.8 Å². The number of rotatable bonds is 8. The number of imide groups is 1. The van der Waals surface area contributed by atoms with Crippen molar-refractivity contribution in [2.75, 3.05) is 24.5 Å². The molecule has 3 saturated heterocycles. The highest BCUT2D eigenvalue weighted by atomic mass is 19.4. The molecule has 3 fully saturated rings. The van der Waals surface area contributed by atoms with Crippen molar-refractivity contribution in [1.82, 2.24) is 4.90 Å². The van der Waals surface area contributed by atoms with Crippen molar-refractivity contribution in [2.45, 2.75) is 57.1 Å². The van der Waals surface area contributed by atoms with E-state index in [1.807, 2.05) is 30.3 Å². The van der Waals surface area contributed by atoms with Gasteiger partial charge in [0.25, 0.3) is 0 Å². The summed E-state index contributed by atoms with van der Waals surface area (Å²) in [5, 5.41) is 9.10. The summed E-state index contributed by atoms with van der Waals surface area (Å²) < 4.78 is 52.4. The fourth-order valence-corrected chi connectivity index (χ4v) is 6.60. The Morgan fingerprint density at radius 3 is 2.27 bits per heavy atom. The maximum absolute atomic E-state index is 13.6. The number of hydrogen-bond acceptors (Lipinski definition) is 7. The molecule has 2 aromatic rings. The third kappa shape index (κ3) is 5.34. The number of hydrogen-bond donors (Lipinski definition) is 0. The van der Waals surface area contributed by atoms with Crippen molar-refractivity contribution in [3.8, 4) is 6.07 Å². The Hall–Kier alpha value is -3.75. The summed E-state index contributed by atoms with van der Waals surface area (Å²) in [6, 6.07) is 13.8. The Bertz CT molecular complexity index is 1370. The minimum atomic E-state index is -4.82. The van der Waals surface area contributed by atoms with Gasteiger partial charge in [-0.05, 0) is 57.0 Å². The lowest BCUT2D eigenvalue weighted by Crippen LogP contribution is -2.58. The first kappa shape index (κ1) is 28.8. The minimum absolute atomic E-state index is 0.206. The normalized spacial score (nSPS) is 27.6. The van der Waals surface area contributed by atoms with Gasteiger partial charge in [0, 0.05) is 19.5 Å². The number of carbonyl (C=O) groups excluding carboxylic acids is 3. The van der Waals surface area contributed by atoms with Crippen LogP contribution in [0.5, 0.6) is 0 Å². The second kappa shape index (κ2) is 10.6. The summed E-state index contributed by atoms with van der Waals surface area (Å²) in [4.78, 5) is 42.3. The average Bonchev–Trinajstić information content (AvgIpc) is 3.29. The zero-order chi connectivity index (χ0) is 29.6. The monoisotopic (exact) mass is 569 g/mol. The van der Waals surface area contributed by atoms with Crippen molar-refractivity contribution < 1.29 is 37.0 Å².